The second-order valence-corrected chi connectivity index (χ2v) is 5.42. The molecule has 2 atom stereocenters. The Morgan fingerprint density at radius 1 is 1.33 bits per heavy atom. The van der Waals surface area contributed by atoms with E-state index in [4.69, 9.17) is 5.11 Å². The van der Waals surface area contributed by atoms with Crippen LogP contribution in [0, 0.1) is 19.8 Å². The van der Waals surface area contributed by atoms with Crippen LogP contribution in [0.3, 0.4) is 0 Å². The third-order valence-corrected chi connectivity index (χ3v) is 3.59. The summed E-state index contributed by atoms with van der Waals surface area (Å²) >= 11 is 0. The lowest BCUT2D eigenvalue weighted by molar-refractivity contribution is 0.250. The molecule has 0 radical (unpaired) electrons. The van der Waals surface area contributed by atoms with Crippen LogP contribution < -0.4 is 5.32 Å². The van der Waals surface area contributed by atoms with Crippen molar-refractivity contribution in [3.05, 3.63) is 42.0 Å². The molecule has 0 saturated carbocycles. The first kappa shape index (κ1) is 13.8. The molecule has 6 nitrogen and oxygen atoms in total. The van der Waals surface area contributed by atoms with Crippen LogP contribution in [0.25, 0.3) is 5.82 Å². The van der Waals surface area contributed by atoms with Crippen LogP contribution in [0.2, 0.25) is 0 Å². The van der Waals surface area contributed by atoms with Gasteiger partial charge in [-0.25, -0.2) is 9.67 Å². The van der Waals surface area contributed by atoms with E-state index < -0.39 is 0 Å². The molecule has 21 heavy (non-hydrogen) atoms. The van der Waals surface area contributed by atoms with Crippen LogP contribution in [0.4, 0.5) is 5.82 Å². The summed E-state index contributed by atoms with van der Waals surface area (Å²) in [6.45, 7) is 4.14. The number of hydrogen-bond donors (Lipinski definition) is 2. The van der Waals surface area contributed by atoms with E-state index in [0.717, 1.165) is 17.8 Å². The topological polar surface area (TPSA) is 75.9 Å². The summed E-state index contributed by atoms with van der Waals surface area (Å²) in [6.07, 6.45) is 8.39. The maximum Gasteiger partial charge on any atom is 0.174 e. The van der Waals surface area contributed by atoms with Gasteiger partial charge in [0.1, 0.15) is 5.82 Å². The van der Waals surface area contributed by atoms with E-state index in [0.29, 0.717) is 11.6 Å². The fourth-order valence-corrected chi connectivity index (χ4v) is 2.60. The first-order valence-electron chi connectivity index (χ1n) is 7.07. The standard InChI is InChI=1S/C15H19N5O/c1-10-5-11(2)20(19-10)15-8-16-7-14(18-15)17-13-4-3-12(6-13)9-21/h3-5,7-8,12-13,21H,6,9H2,1-2H3,(H,17,18)/t12-,13+/m1/s1. The number of aliphatic hydroxyl groups excluding tert-OH is 1. The van der Waals surface area contributed by atoms with Crippen molar-refractivity contribution in [2.45, 2.75) is 26.3 Å². The smallest absolute Gasteiger partial charge is 0.174 e. The zero-order chi connectivity index (χ0) is 14.8. The van der Waals surface area contributed by atoms with Gasteiger partial charge < -0.3 is 10.4 Å². The van der Waals surface area contributed by atoms with Crippen LogP contribution in [-0.4, -0.2) is 37.5 Å². The first-order valence-corrected chi connectivity index (χ1v) is 7.07. The van der Waals surface area contributed by atoms with Crippen LogP contribution >= 0.6 is 0 Å². The molecular weight excluding hydrogens is 266 g/mol. The number of hydrogen-bond acceptors (Lipinski definition) is 5. The minimum atomic E-state index is 0.187. The van der Waals surface area contributed by atoms with E-state index in [1.165, 1.54) is 0 Å². The van der Waals surface area contributed by atoms with Crippen molar-refractivity contribution in [1.82, 2.24) is 19.7 Å². The van der Waals surface area contributed by atoms with Gasteiger partial charge in [-0.05, 0) is 26.3 Å². The molecule has 0 bridgehead atoms. The Labute approximate surface area is 123 Å². The molecule has 1 aliphatic carbocycles. The summed E-state index contributed by atoms with van der Waals surface area (Å²) in [5.41, 5.74) is 1.98. The fourth-order valence-electron chi connectivity index (χ4n) is 2.60. The average molecular weight is 285 g/mol. The monoisotopic (exact) mass is 285 g/mol. The molecule has 1 aliphatic rings. The zero-order valence-electron chi connectivity index (χ0n) is 12.2. The van der Waals surface area contributed by atoms with Crippen LogP contribution in [0.1, 0.15) is 17.8 Å². The highest BCUT2D eigenvalue weighted by molar-refractivity contribution is 5.39. The summed E-state index contributed by atoms with van der Waals surface area (Å²) in [6, 6.07) is 2.19. The number of rotatable bonds is 4. The van der Waals surface area contributed by atoms with Crippen molar-refractivity contribution < 1.29 is 5.11 Å². The van der Waals surface area contributed by atoms with Crippen molar-refractivity contribution in [3.63, 3.8) is 0 Å². The van der Waals surface area contributed by atoms with Crippen molar-refractivity contribution >= 4 is 5.82 Å². The predicted molar refractivity (Wildman–Crippen MR) is 80.4 cm³/mol. The third kappa shape index (κ3) is 2.95. The number of anilines is 1. The molecule has 0 spiro atoms. The van der Waals surface area contributed by atoms with Gasteiger partial charge in [-0.2, -0.15) is 5.10 Å². The van der Waals surface area contributed by atoms with Gasteiger partial charge >= 0.3 is 0 Å². The van der Waals surface area contributed by atoms with Crippen LogP contribution in [-0.2, 0) is 0 Å². The molecule has 110 valence electrons. The van der Waals surface area contributed by atoms with Gasteiger partial charge in [0.15, 0.2) is 5.82 Å². The SMILES string of the molecule is Cc1cc(C)n(-c2cncc(N[C@H]3C=C[C@@H](CO)C3)n2)n1. The molecule has 0 unspecified atom stereocenters. The molecule has 0 fully saturated rings. The second-order valence-electron chi connectivity index (χ2n) is 5.42. The highest BCUT2D eigenvalue weighted by atomic mass is 16.3. The van der Waals surface area contributed by atoms with E-state index in [2.05, 4.69) is 26.5 Å². The predicted octanol–water partition coefficient (Wildman–Crippen LogP) is 1.63. The average Bonchev–Trinajstić information content (AvgIpc) is 3.05. The molecule has 0 amide bonds. The van der Waals surface area contributed by atoms with Gasteiger partial charge in [-0.3, -0.25) is 4.98 Å². The third-order valence-electron chi connectivity index (χ3n) is 3.59. The minimum absolute atomic E-state index is 0.187. The molecule has 2 N–H and O–H groups in total. The van der Waals surface area contributed by atoms with Crippen molar-refractivity contribution in [2.75, 3.05) is 11.9 Å². The lowest BCUT2D eigenvalue weighted by Gasteiger charge is -2.13. The Kier molecular flexibility index (Phi) is 3.70. The quantitative estimate of drug-likeness (QED) is 0.835. The number of nitrogens with one attached hydrogen (secondary N) is 1. The van der Waals surface area contributed by atoms with Gasteiger partial charge in [-0.1, -0.05) is 12.2 Å². The fraction of sp³-hybridized carbons (Fsp3) is 0.400. The molecular formula is C15H19N5O. The highest BCUT2D eigenvalue weighted by Crippen LogP contribution is 2.20. The van der Waals surface area contributed by atoms with E-state index in [-0.39, 0.29) is 18.6 Å². The summed E-state index contributed by atoms with van der Waals surface area (Å²) in [5.74, 6) is 1.65. The maximum atomic E-state index is 9.16. The Bertz CT molecular complexity index is 664. The normalized spacial score (nSPS) is 20.9. The minimum Gasteiger partial charge on any atom is -0.396 e. The van der Waals surface area contributed by atoms with Crippen molar-refractivity contribution in [2.24, 2.45) is 5.92 Å². The summed E-state index contributed by atoms with van der Waals surface area (Å²) in [7, 11) is 0. The van der Waals surface area contributed by atoms with Crippen LogP contribution in [0.15, 0.2) is 30.6 Å². The molecule has 0 aromatic carbocycles. The molecule has 0 saturated heterocycles. The highest BCUT2D eigenvalue weighted by Gasteiger charge is 2.18. The Morgan fingerprint density at radius 3 is 2.86 bits per heavy atom. The van der Waals surface area contributed by atoms with E-state index in [1.54, 1.807) is 17.1 Å². The van der Waals surface area contributed by atoms with Crippen LogP contribution in [0.5, 0.6) is 0 Å². The molecule has 2 aromatic rings. The molecule has 6 heteroatoms. The second kappa shape index (κ2) is 5.65. The van der Waals surface area contributed by atoms with Gasteiger partial charge in [-0.15, -0.1) is 0 Å². The van der Waals surface area contributed by atoms with Crippen molar-refractivity contribution in [1.29, 1.82) is 0 Å². The van der Waals surface area contributed by atoms with E-state index in [9.17, 15) is 0 Å². The van der Waals surface area contributed by atoms with Gasteiger partial charge in [0.25, 0.3) is 0 Å². The number of aryl methyl sites for hydroxylation is 2. The molecule has 0 aliphatic heterocycles. The lowest BCUT2D eigenvalue weighted by atomic mass is 10.1. The summed E-state index contributed by atoms with van der Waals surface area (Å²) in [5, 5.41) is 16.9. The Morgan fingerprint density at radius 2 is 2.19 bits per heavy atom. The molecule has 2 aromatic heterocycles. The maximum absolute atomic E-state index is 9.16. The van der Waals surface area contributed by atoms with Gasteiger partial charge in [0.05, 0.1) is 18.1 Å². The van der Waals surface area contributed by atoms with Gasteiger partial charge in [0.2, 0.25) is 0 Å². The van der Waals surface area contributed by atoms with E-state index >= 15 is 0 Å². The van der Waals surface area contributed by atoms with E-state index in [1.807, 2.05) is 26.0 Å². The first-order chi connectivity index (χ1) is 10.2. The van der Waals surface area contributed by atoms with Crippen molar-refractivity contribution in [3.8, 4) is 5.82 Å². The molecule has 2 heterocycles. The number of aromatic nitrogens is 4. The zero-order valence-corrected chi connectivity index (χ0v) is 12.2. The summed E-state index contributed by atoms with van der Waals surface area (Å²) in [4.78, 5) is 8.80. The Balaban J connectivity index is 1.78. The van der Waals surface area contributed by atoms with Gasteiger partial charge in [0, 0.05) is 24.3 Å². The molecule has 3 rings (SSSR count). The number of nitrogens with zero attached hydrogens (tertiary/aromatic N) is 4. The lowest BCUT2D eigenvalue weighted by Crippen LogP contribution is -2.18. The Hall–Kier alpha value is -2.21. The summed E-state index contributed by atoms with van der Waals surface area (Å²) < 4.78 is 1.79. The number of aliphatic hydroxyl groups is 1. The largest absolute Gasteiger partial charge is 0.396 e.